The van der Waals surface area contributed by atoms with Crippen LogP contribution in [0.5, 0.6) is 0 Å². The summed E-state index contributed by atoms with van der Waals surface area (Å²) in [6.07, 6.45) is 0. The van der Waals surface area contributed by atoms with Gasteiger partial charge in [-0.2, -0.15) is 0 Å². The largest absolute Gasteiger partial charge is 0.456 e. The van der Waals surface area contributed by atoms with Gasteiger partial charge in [-0.1, -0.05) is 121 Å². The Morgan fingerprint density at radius 2 is 1.07 bits per heavy atom. The molecule has 0 radical (unpaired) electrons. The molecule has 0 spiro atoms. The monoisotopic (exact) mass is 523 g/mol. The SMILES string of the molecule is N=C(c1ccccc1)c1ccc(-c2cccc3oc4ccc(-c5ccc6ccc7ccccc7c6c5)cc4c23)cc1. The van der Waals surface area contributed by atoms with Crippen molar-refractivity contribution in [1.82, 2.24) is 0 Å². The molecule has 7 aromatic carbocycles. The predicted molar refractivity (Wildman–Crippen MR) is 172 cm³/mol. The summed E-state index contributed by atoms with van der Waals surface area (Å²) in [5.74, 6) is 0. The van der Waals surface area contributed by atoms with Crippen molar-refractivity contribution in [3.63, 3.8) is 0 Å². The quantitative estimate of drug-likeness (QED) is 0.181. The van der Waals surface area contributed by atoms with E-state index in [0.29, 0.717) is 5.71 Å². The van der Waals surface area contributed by atoms with E-state index in [1.807, 2.05) is 48.5 Å². The van der Waals surface area contributed by atoms with E-state index in [2.05, 4.69) is 97.1 Å². The van der Waals surface area contributed by atoms with Crippen molar-refractivity contribution in [1.29, 1.82) is 5.41 Å². The normalized spacial score (nSPS) is 11.5. The fraction of sp³-hybridized carbons (Fsp3) is 0. The molecule has 0 fully saturated rings. The zero-order valence-electron chi connectivity index (χ0n) is 22.3. The van der Waals surface area contributed by atoms with Crippen molar-refractivity contribution in [2.75, 3.05) is 0 Å². The van der Waals surface area contributed by atoms with Crippen LogP contribution in [-0.2, 0) is 0 Å². The molecule has 2 heteroatoms. The van der Waals surface area contributed by atoms with Gasteiger partial charge in [0.2, 0.25) is 0 Å². The summed E-state index contributed by atoms with van der Waals surface area (Å²) in [6.45, 7) is 0. The number of benzene rings is 7. The maximum atomic E-state index is 8.65. The van der Waals surface area contributed by atoms with Crippen LogP contribution >= 0.6 is 0 Å². The van der Waals surface area contributed by atoms with Gasteiger partial charge < -0.3 is 4.42 Å². The summed E-state index contributed by atoms with van der Waals surface area (Å²) < 4.78 is 6.32. The molecule has 0 atom stereocenters. The lowest BCUT2D eigenvalue weighted by Crippen LogP contribution is -2.00. The first-order valence-corrected chi connectivity index (χ1v) is 13.8. The Balaban J connectivity index is 1.24. The molecule has 2 nitrogen and oxygen atoms in total. The third-order valence-electron chi connectivity index (χ3n) is 8.12. The number of nitrogens with one attached hydrogen (secondary N) is 1. The number of hydrogen-bond acceptors (Lipinski definition) is 2. The van der Waals surface area contributed by atoms with Crippen molar-refractivity contribution in [2.24, 2.45) is 0 Å². The zero-order chi connectivity index (χ0) is 27.3. The second-order valence-corrected chi connectivity index (χ2v) is 10.5. The van der Waals surface area contributed by atoms with E-state index in [4.69, 9.17) is 9.83 Å². The molecule has 0 amide bonds. The van der Waals surface area contributed by atoms with E-state index < -0.39 is 0 Å². The molecule has 0 saturated carbocycles. The van der Waals surface area contributed by atoms with Crippen molar-refractivity contribution in [2.45, 2.75) is 0 Å². The highest BCUT2D eigenvalue weighted by molar-refractivity contribution is 6.15. The Morgan fingerprint density at radius 3 is 1.90 bits per heavy atom. The Bertz CT molecular complexity index is 2260. The van der Waals surface area contributed by atoms with E-state index in [0.717, 1.165) is 49.8 Å². The van der Waals surface area contributed by atoms with E-state index >= 15 is 0 Å². The van der Waals surface area contributed by atoms with Gasteiger partial charge in [0.25, 0.3) is 0 Å². The van der Waals surface area contributed by atoms with Crippen LogP contribution in [0, 0.1) is 5.41 Å². The standard InChI is InChI=1S/C39H25NO/c40-39(28-8-2-1-3-9-28)29-18-15-26(16-19-29)33-11-6-12-37-38(33)35-24-31(21-22-36(35)41-37)30-20-17-27-14-13-25-7-4-5-10-32(25)34(27)23-30/h1-24,40H. The van der Waals surface area contributed by atoms with Crippen LogP contribution in [-0.4, -0.2) is 5.71 Å². The molecule has 0 unspecified atom stereocenters. The Morgan fingerprint density at radius 1 is 0.439 bits per heavy atom. The minimum atomic E-state index is 0.525. The van der Waals surface area contributed by atoms with Gasteiger partial charge in [0.15, 0.2) is 0 Å². The van der Waals surface area contributed by atoms with Crippen LogP contribution in [0.3, 0.4) is 0 Å². The summed E-state index contributed by atoms with van der Waals surface area (Å²) in [6, 6.07) is 50.6. The predicted octanol–water partition coefficient (Wildman–Crippen LogP) is 10.6. The van der Waals surface area contributed by atoms with Gasteiger partial charge in [0.1, 0.15) is 11.2 Å². The second kappa shape index (κ2) is 9.32. The van der Waals surface area contributed by atoms with Crippen LogP contribution in [0.4, 0.5) is 0 Å². The third kappa shape index (κ3) is 3.92. The van der Waals surface area contributed by atoms with E-state index in [-0.39, 0.29) is 0 Å². The van der Waals surface area contributed by atoms with Gasteiger partial charge in [-0.05, 0) is 73.6 Å². The lowest BCUT2D eigenvalue weighted by Gasteiger charge is -2.09. The Labute approximate surface area is 237 Å². The lowest BCUT2D eigenvalue weighted by atomic mass is 9.94. The molecule has 1 aromatic heterocycles. The molecule has 1 heterocycles. The first-order chi connectivity index (χ1) is 20.2. The molecular weight excluding hydrogens is 498 g/mol. The summed E-state index contributed by atoms with van der Waals surface area (Å²) in [4.78, 5) is 0. The molecule has 0 bridgehead atoms. The third-order valence-corrected chi connectivity index (χ3v) is 8.12. The van der Waals surface area contributed by atoms with Crippen LogP contribution in [0.15, 0.2) is 150 Å². The van der Waals surface area contributed by atoms with Crippen LogP contribution in [0.25, 0.3) is 65.7 Å². The van der Waals surface area contributed by atoms with Gasteiger partial charge in [-0.25, -0.2) is 0 Å². The Kier molecular flexibility index (Phi) is 5.33. The van der Waals surface area contributed by atoms with Crippen LogP contribution < -0.4 is 0 Å². The van der Waals surface area contributed by atoms with Crippen molar-refractivity contribution in [3.8, 4) is 22.3 Å². The molecule has 192 valence electrons. The minimum Gasteiger partial charge on any atom is -0.456 e. The summed E-state index contributed by atoms with van der Waals surface area (Å²) in [5, 5.41) is 15.9. The van der Waals surface area contributed by atoms with E-state index in [1.54, 1.807) is 0 Å². The second-order valence-electron chi connectivity index (χ2n) is 10.5. The van der Waals surface area contributed by atoms with Gasteiger partial charge in [0.05, 0.1) is 5.71 Å². The summed E-state index contributed by atoms with van der Waals surface area (Å²) in [5.41, 5.74) is 8.67. The van der Waals surface area contributed by atoms with Gasteiger partial charge in [-0.15, -0.1) is 0 Å². The fourth-order valence-electron chi connectivity index (χ4n) is 6.02. The van der Waals surface area contributed by atoms with Crippen LogP contribution in [0.2, 0.25) is 0 Å². The smallest absolute Gasteiger partial charge is 0.136 e. The van der Waals surface area contributed by atoms with Crippen molar-refractivity contribution < 1.29 is 4.42 Å². The number of fused-ring (bicyclic) bond motifs is 6. The average molecular weight is 524 g/mol. The molecule has 0 aliphatic carbocycles. The molecule has 8 aromatic rings. The van der Waals surface area contributed by atoms with Gasteiger partial charge in [0, 0.05) is 16.3 Å². The van der Waals surface area contributed by atoms with E-state index in [1.165, 1.54) is 27.1 Å². The molecule has 41 heavy (non-hydrogen) atoms. The summed E-state index contributed by atoms with van der Waals surface area (Å²) >= 11 is 0. The molecule has 0 saturated heterocycles. The molecule has 0 aliphatic rings. The lowest BCUT2D eigenvalue weighted by molar-refractivity contribution is 0.669. The first-order valence-electron chi connectivity index (χ1n) is 13.8. The zero-order valence-corrected chi connectivity index (χ0v) is 22.3. The first kappa shape index (κ1) is 23.4. The molecule has 1 N–H and O–H groups in total. The van der Waals surface area contributed by atoms with Crippen LogP contribution in [0.1, 0.15) is 11.1 Å². The minimum absolute atomic E-state index is 0.525. The van der Waals surface area contributed by atoms with Gasteiger partial charge >= 0.3 is 0 Å². The highest BCUT2D eigenvalue weighted by Gasteiger charge is 2.14. The maximum absolute atomic E-state index is 8.65. The maximum Gasteiger partial charge on any atom is 0.136 e. The molecule has 8 rings (SSSR count). The highest BCUT2D eigenvalue weighted by Crippen LogP contribution is 2.39. The van der Waals surface area contributed by atoms with Gasteiger partial charge in [-0.3, -0.25) is 5.41 Å². The molecule has 0 aliphatic heterocycles. The van der Waals surface area contributed by atoms with Crippen molar-refractivity contribution in [3.05, 3.63) is 157 Å². The Hall–Kier alpha value is -5.47. The molecular formula is C39H25NO. The van der Waals surface area contributed by atoms with Crippen molar-refractivity contribution >= 4 is 49.2 Å². The topological polar surface area (TPSA) is 37.0 Å². The number of rotatable bonds is 4. The highest BCUT2D eigenvalue weighted by atomic mass is 16.3. The summed E-state index contributed by atoms with van der Waals surface area (Å²) in [7, 11) is 0. The number of hydrogen-bond donors (Lipinski definition) is 1. The number of furan rings is 1. The van der Waals surface area contributed by atoms with E-state index in [9.17, 15) is 0 Å². The fourth-order valence-corrected chi connectivity index (χ4v) is 6.02. The average Bonchev–Trinajstić information content (AvgIpc) is 3.43.